The standard InChI is InChI=1S/C15H21IO3/c1-10-9-13(11(2)8-12(10)16)19-7-5-6-15(3,4)14(17)18/h8-9H,5-7H2,1-4H3,(H,17,18). The molecule has 0 unspecified atom stereocenters. The number of aliphatic carboxylic acids is 1. The van der Waals surface area contributed by atoms with E-state index in [9.17, 15) is 4.79 Å². The van der Waals surface area contributed by atoms with Gasteiger partial charge in [0.05, 0.1) is 12.0 Å². The van der Waals surface area contributed by atoms with Crippen LogP contribution in [0.3, 0.4) is 0 Å². The number of carboxylic acids is 1. The maximum Gasteiger partial charge on any atom is 0.309 e. The highest BCUT2D eigenvalue weighted by Gasteiger charge is 2.26. The second kappa shape index (κ2) is 6.59. The van der Waals surface area contributed by atoms with E-state index >= 15 is 0 Å². The second-order valence-electron chi connectivity index (χ2n) is 5.51. The fourth-order valence-corrected chi connectivity index (χ4v) is 2.34. The molecular formula is C15H21IO3. The summed E-state index contributed by atoms with van der Waals surface area (Å²) in [4.78, 5) is 11.0. The Hall–Kier alpha value is -0.780. The minimum absolute atomic E-state index is 0.553. The van der Waals surface area contributed by atoms with Gasteiger partial charge in [-0.25, -0.2) is 0 Å². The average molecular weight is 376 g/mol. The number of carbonyl (C=O) groups is 1. The molecule has 1 aromatic carbocycles. The van der Waals surface area contributed by atoms with Gasteiger partial charge in [-0.05, 0) is 86.4 Å². The molecule has 4 heteroatoms. The lowest BCUT2D eigenvalue weighted by Crippen LogP contribution is -2.24. The number of halogens is 1. The third-order valence-electron chi connectivity index (χ3n) is 3.24. The monoisotopic (exact) mass is 376 g/mol. The first-order valence-corrected chi connectivity index (χ1v) is 7.45. The van der Waals surface area contributed by atoms with Crippen LogP contribution in [0, 0.1) is 22.8 Å². The molecule has 19 heavy (non-hydrogen) atoms. The van der Waals surface area contributed by atoms with Crippen molar-refractivity contribution in [3.63, 3.8) is 0 Å². The molecule has 0 aromatic heterocycles. The molecule has 0 saturated carbocycles. The van der Waals surface area contributed by atoms with Crippen molar-refractivity contribution in [2.24, 2.45) is 5.41 Å². The van der Waals surface area contributed by atoms with E-state index in [4.69, 9.17) is 9.84 Å². The SMILES string of the molecule is Cc1cc(OCCCC(C)(C)C(=O)O)c(C)cc1I. The molecule has 1 rings (SSSR count). The molecule has 0 bridgehead atoms. The van der Waals surface area contributed by atoms with Gasteiger partial charge in [-0.2, -0.15) is 0 Å². The summed E-state index contributed by atoms with van der Waals surface area (Å²) in [7, 11) is 0. The Morgan fingerprint density at radius 1 is 1.32 bits per heavy atom. The zero-order valence-corrected chi connectivity index (χ0v) is 14.1. The molecule has 0 aliphatic carbocycles. The first-order chi connectivity index (χ1) is 8.74. The lowest BCUT2D eigenvalue weighted by Gasteiger charge is -2.19. The normalized spacial score (nSPS) is 11.4. The van der Waals surface area contributed by atoms with Crippen LogP contribution < -0.4 is 4.74 Å². The highest BCUT2D eigenvalue weighted by atomic mass is 127. The van der Waals surface area contributed by atoms with Gasteiger partial charge in [-0.15, -0.1) is 0 Å². The molecule has 0 saturated heterocycles. The number of ether oxygens (including phenoxy) is 1. The average Bonchev–Trinajstić information content (AvgIpc) is 2.30. The molecule has 3 nitrogen and oxygen atoms in total. The molecule has 1 N–H and O–H groups in total. The molecule has 0 aliphatic rings. The van der Waals surface area contributed by atoms with Crippen LogP contribution in [0.4, 0.5) is 0 Å². The summed E-state index contributed by atoms with van der Waals surface area (Å²) < 4.78 is 6.98. The zero-order valence-electron chi connectivity index (χ0n) is 11.9. The highest BCUT2D eigenvalue weighted by molar-refractivity contribution is 14.1. The van der Waals surface area contributed by atoms with Crippen LogP contribution in [0.25, 0.3) is 0 Å². The molecule has 0 aliphatic heterocycles. The van der Waals surface area contributed by atoms with E-state index in [0.29, 0.717) is 13.0 Å². The van der Waals surface area contributed by atoms with Gasteiger partial charge in [0.1, 0.15) is 5.75 Å². The topological polar surface area (TPSA) is 46.5 Å². The van der Waals surface area contributed by atoms with Gasteiger partial charge in [-0.1, -0.05) is 0 Å². The van der Waals surface area contributed by atoms with E-state index in [-0.39, 0.29) is 0 Å². The Morgan fingerprint density at radius 2 is 1.95 bits per heavy atom. The van der Waals surface area contributed by atoms with E-state index in [2.05, 4.69) is 35.6 Å². The molecule has 0 fully saturated rings. The number of benzene rings is 1. The Morgan fingerprint density at radius 3 is 2.53 bits per heavy atom. The van der Waals surface area contributed by atoms with Crippen LogP contribution in [-0.4, -0.2) is 17.7 Å². The second-order valence-corrected chi connectivity index (χ2v) is 6.67. The van der Waals surface area contributed by atoms with E-state index in [1.54, 1.807) is 13.8 Å². The Labute approximate surface area is 128 Å². The van der Waals surface area contributed by atoms with Gasteiger partial charge in [-0.3, -0.25) is 4.79 Å². The smallest absolute Gasteiger partial charge is 0.309 e. The van der Waals surface area contributed by atoms with Gasteiger partial charge in [0.2, 0.25) is 0 Å². The first kappa shape index (κ1) is 16.3. The number of hydrogen-bond donors (Lipinski definition) is 1. The quantitative estimate of drug-likeness (QED) is 0.599. The summed E-state index contributed by atoms with van der Waals surface area (Å²) in [6.07, 6.45) is 1.36. The van der Waals surface area contributed by atoms with Gasteiger partial charge in [0, 0.05) is 3.57 Å². The van der Waals surface area contributed by atoms with E-state index in [1.807, 2.05) is 13.0 Å². The van der Waals surface area contributed by atoms with Crippen molar-refractivity contribution in [2.75, 3.05) is 6.61 Å². The van der Waals surface area contributed by atoms with Crippen LogP contribution in [0.2, 0.25) is 0 Å². The van der Waals surface area contributed by atoms with E-state index < -0.39 is 11.4 Å². The Kier molecular flexibility index (Phi) is 5.64. The van der Waals surface area contributed by atoms with Crippen molar-refractivity contribution in [3.05, 3.63) is 26.8 Å². The van der Waals surface area contributed by atoms with Gasteiger partial charge < -0.3 is 9.84 Å². The first-order valence-electron chi connectivity index (χ1n) is 6.37. The lowest BCUT2D eigenvalue weighted by atomic mass is 9.88. The maximum absolute atomic E-state index is 11.0. The number of carboxylic acid groups (broad SMARTS) is 1. The van der Waals surface area contributed by atoms with Gasteiger partial charge >= 0.3 is 5.97 Å². The molecule has 0 heterocycles. The molecule has 0 amide bonds. The predicted octanol–water partition coefficient (Wildman–Crippen LogP) is 4.18. The van der Waals surface area contributed by atoms with Crippen LogP contribution in [0.1, 0.15) is 37.8 Å². The maximum atomic E-state index is 11.0. The van der Waals surface area contributed by atoms with Crippen LogP contribution in [-0.2, 0) is 4.79 Å². The van der Waals surface area contributed by atoms with Crippen molar-refractivity contribution in [3.8, 4) is 5.75 Å². The third kappa shape index (κ3) is 4.67. The minimum atomic E-state index is -0.756. The van der Waals surface area contributed by atoms with Crippen LogP contribution in [0.5, 0.6) is 5.75 Å². The molecule has 0 spiro atoms. The van der Waals surface area contributed by atoms with Crippen molar-refractivity contribution >= 4 is 28.6 Å². The molecule has 1 aromatic rings. The summed E-state index contributed by atoms with van der Waals surface area (Å²) in [6.45, 7) is 8.13. The van der Waals surface area contributed by atoms with E-state index in [1.165, 1.54) is 9.13 Å². The molecule has 106 valence electrons. The molecular weight excluding hydrogens is 355 g/mol. The third-order valence-corrected chi connectivity index (χ3v) is 4.40. The van der Waals surface area contributed by atoms with Gasteiger partial charge in [0.25, 0.3) is 0 Å². The number of aryl methyl sites for hydroxylation is 2. The number of rotatable bonds is 6. The Balaban J connectivity index is 2.51. The summed E-state index contributed by atoms with van der Waals surface area (Å²) in [6, 6.07) is 4.14. The summed E-state index contributed by atoms with van der Waals surface area (Å²) in [5.41, 5.74) is 1.64. The summed E-state index contributed by atoms with van der Waals surface area (Å²) >= 11 is 2.31. The summed E-state index contributed by atoms with van der Waals surface area (Å²) in [5, 5.41) is 9.03. The minimum Gasteiger partial charge on any atom is -0.493 e. The van der Waals surface area contributed by atoms with Crippen molar-refractivity contribution in [1.29, 1.82) is 0 Å². The van der Waals surface area contributed by atoms with Crippen LogP contribution >= 0.6 is 22.6 Å². The Bertz CT molecular complexity index is 467. The largest absolute Gasteiger partial charge is 0.493 e. The van der Waals surface area contributed by atoms with Crippen molar-refractivity contribution < 1.29 is 14.6 Å². The van der Waals surface area contributed by atoms with Crippen molar-refractivity contribution in [1.82, 2.24) is 0 Å². The fourth-order valence-electron chi connectivity index (χ4n) is 1.71. The molecule has 0 radical (unpaired) electrons. The highest BCUT2D eigenvalue weighted by Crippen LogP contribution is 2.25. The summed E-state index contributed by atoms with van der Waals surface area (Å²) in [5.74, 6) is 0.139. The fraction of sp³-hybridized carbons (Fsp3) is 0.533. The van der Waals surface area contributed by atoms with E-state index in [0.717, 1.165) is 17.7 Å². The lowest BCUT2D eigenvalue weighted by molar-refractivity contribution is -0.147. The predicted molar refractivity (Wildman–Crippen MR) is 84.8 cm³/mol. The zero-order chi connectivity index (χ0) is 14.6. The number of hydrogen-bond acceptors (Lipinski definition) is 2. The van der Waals surface area contributed by atoms with Gasteiger partial charge in [0.15, 0.2) is 0 Å². The molecule has 0 atom stereocenters. The van der Waals surface area contributed by atoms with Crippen molar-refractivity contribution in [2.45, 2.75) is 40.5 Å². The van der Waals surface area contributed by atoms with Crippen LogP contribution in [0.15, 0.2) is 12.1 Å².